The molecule has 0 fully saturated rings. The molecule has 4 heteroatoms. The lowest BCUT2D eigenvalue weighted by atomic mass is 9.88. The number of hydrogen-bond acceptors (Lipinski definition) is 2. The highest BCUT2D eigenvalue weighted by Crippen LogP contribution is 2.45. The normalized spacial score (nSPS) is 10.1. The van der Waals surface area contributed by atoms with Crippen molar-refractivity contribution in [1.82, 2.24) is 0 Å². The van der Waals surface area contributed by atoms with Gasteiger partial charge in [-0.15, -0.1) is 0 Å². The molecular weight excluding hydrogens is 344 g/mol. The third kappa shape index (κ3) is 3.00. The summed E-state index contributed by atoms with van der Waals surface area (Å²) in [6.45, 7) is 0. The van der Waals surface area contributed by atoms with E-state index in [9.17, 15) is 10.8 Å². The zero-order valence-corrected chi connectivity index (χ0v) is 15.0. The quantitative estimate of drug-likeness (QED) is 0.352. The maximum atomic E-state index is 9.50. The van der Waals surface area contributed by atoms with Crippen LogP contribution < -0.4 is 0 Å². The summed E-state index contributed by atoms with van der Waals surface area (Å²) in [5, 5.41) is 19.0. The third-order valence-electron chi connectivity index (χ3n) is 4.73. The van der Waals surface area contributed by atoms with E-state index in [1.807, 2.05) is 54.6 Å². The van der Waals surface area contributed by atoms with Crippen molar-refractivity contribution in [2.75, 3.05) is 0 Å². The van der Waals surface area contributed by atoms with Gasteiger partial charge in [-0.1, -0.05) is 78.9 Å². The molecule has 4 rings (SSSR count). The van der Waals surface area contributed by atoms with E-state index in [1.54, 1.807) is 18.2 Å². The van der Waals surface area contributed by atoms with E-state index in [1.165, 1.54) is 0 Å². The van der Waals surface area contributed by atoms with Crippen LogP contribution in [0.2, 0.25) is 0 Å². The minimum absolute atomic E-state index is 0.347. The van der Waals surface area contributed by atoms with E-state index < -0.39 is 0 Å². The van der Waals surface area contributed by atoms with Crippen molar-refractivity contribution < 1.29 is 0 Å². The van der Waals surface area contributed by atoms with E-state index in [0.717, 1.165) is 27.8 Å². The molecule has 0 N–H and O–H groups in total. The molecule has 0 bridgehead atoms. The highest BCUT2D eigenvalue weighted by Gasteiger charge is 2.29. The topological polar surface area (TPSA) is 56.3 Å². The molecule has 0 unspecified atom stereocenters. The first-order valence-corrected chi connectivity index (χ1v) is 8.91. The third-order valence-corrected chi connectivity index (χ3v) is 4.73. The van der Waals surface area contributed by atoms with Gasteiger partial charge in [-0.25, -0.2) is 0 Å². The maximum Gasteiger partial charge on any atom is 0.400 e. The first kappa shape index (κ1) is 17.1. The predicted octanol–water partition coefficient (Wildman–Crippen LogP) is 7.66. The van der Waals surface area contributed by atoms with Crippen LogP contribution in [0.4, 0.5) is 11.4 Å². The van der Waals surface area contributed by atoms with Crippen molar-refractivity contribution in [3.8, 4) is 33.4 Å². The van der Waals surface area contributed by atoms with Crippen LogP contribution in [-0.2, 0) is 0 Å². The van der Waals surface area contributed by atoms with Gasteiger partial charge >= 0.3 is 11.4 Å². The molecule has 0 atom stereocenters. The number of benzene rings is 4. The number of hydrogen-bond donors (Lipinski definition) is 0. The Bertz CT molecular complexity index is 1200. The minimum atomic E-state index is 0.347. The van der Waals surface area contributed by atoms with Gasteiger partial charge in [0.15, 0.2) is 15.5 Å². The Morgan fingerprint density at radius 2 is 0.893 bits per heavy atom. The maximum absolute atomic E-state index is 9.50. The zero-order valence-electron chi connectivity index (χ0n) is 15.0. The molecule has 0 saturated carbocycles. The van der Waals surface area contributed by atoms with Crippen LogP contribution >= 0.6 is 0 Å². The molecule has 0 aliphatic rings. The van der Waals surface area contributed by atoms with Gasteiger partial charge in [0.2, 0.25) is 10.8 Å². The van der Waals surface area contributed by atoms with Crippen molar-refractivity contribution in [2.24, 2.45) is 0 Å². The van der Waals surface area contributed by atoms with Crippen molar-refractivity contribution in [3.05, 3.63) is 107 Å². The Hall–Kier alpha value is -4.28. The van der Waals surface area contributed by atoms with Gasteiger partial charge in [0, 0.05) is 17.7 Å². The Labute approximate surface area is 163 Å². The monoisotopic (exact) mass is 360 g/mol. The van der Waals surface area contributed by atoms with Crippen molar-refractivity contribution in [1.29, 1.82) is 10.8 Å². The number of rotatable bonds is 3. The molecule has 0 spiro atoms. The highest BCUT2D eigenvalue weighted by atomic mass is 14.9. The van der Waals surface area contributed by atoms with E-state index in [2.05, 4.69) is 34.2 Å². The summed E-state index contributed by atoms with van der Waals surface area (Å²) in [6, 6.07) is 31.2. The lowest BCUT2D eigenvalue weighted by Gasteiger charge is -2.13. The van der Waals surface area contributed by atoms with Crippen LogP contribution in [0.25, 0.3) is 43.3 Å². The second-order valence-corrected chi connectivity index (χ2v) is 6.33. The van der Waals surface area contributed by atoms with Gasteiger partial charge in [0.1, 0.15) is 0 Å². The van der Waals surface area contributed by atoms with Gasteiger partial charge in [-0.2, -0.15) is 0 Å². The summed E-state index contributed by atoms with van der Waals surface area (Å²) >= 11 is 0. The number of nitrogens with zero attached hydrogens (tertiary/aromatic N) is 4. The average Bonchev–Trinajstić information content (AvgIpc) is 2.79. The molecule has 0 aliphatic heterocycles. The largest absolute Gasteiger partial charge is 0.400 e. The second kappa shape index (κ2) is 7.53. The Morgan fingerprint density at radius 1 is 0.429 bits per heavy atom. The van der Waals surface area contributed by atoms with Gasteiger partial charge < -0.3 is 0 Å². The molecule has 0 aromatic heterocycles. The molecule has 130 valence electrons. The van der Waals surface area contributed by atoms with Gasteiger partial charge in [-0.05, 0) is 28.3 Å². The van der Waals surface area contributed by atoms with Gasteiger partial charge in [-0.3, -0.25) is 0 Å². The summed E-state index contributed by atoms with van der Waals surface area (Å²) in [5.74, 6) is 0. The van der Waals surface area contributed by atoms with Crippen molar-refractivity contribution in [2.45, 2.75) is 0 Å². The Morgan fingerprint density at radius 3 is 1.46 bits per heavy atom. The molecule has 4 aromatic carbocycles. The van der Waals surface area contributed by atoms with E-state index in [4.69, 9.17) is 0 Å². The lowest BCUT2D eigenvalue weighted by Crippen LogP contribution is -1.89. The smallest absolute Gasteiger partial charge is 0.0622 e. The fourth-order valence-electron chi connectivity index (χ4n) is 3.49. The molecular formula is C24H16N4+2. The molecule has 0 saturated heterocycles. The fraction of sp³-hybridized carbons (Fsp3) is 0. The van der Waals surface area contributed by atoms with E-state index in [0.29, 0.717) is 16.9 Å². The molecule has 4 aromatic rings. The van der Waals surface area contributed by atoms with Crippen LogP contribution in [0.1, 0.15) is 0 Å². The fourth-order valence-corrected chi connectivity index (χ4v) is 3.49. The van der Waals surface area contributed by atoms with Gasteiger partial charge in [0.05, 0.1) is 0 Å². The summed E-state index contributed by atoms with van der Waals surface area (Å²) in [6.07, 6.45) is 0. The van der Waals surface area contributed by atoms with Crippen LogP contribution in [0.5, 0.6) is 0 Å². The molecule has 0 radical (unpaired) electrons. The number of diazo groups is 2. The Balaban J connectivity index is 2.02. The average molecular weight is 360 g/mol. The van der Waals surface area contributed by atoms with Crippen LogP contribution in [0, 0.1) is 10.8 Å². The lowest BCUT2D eigenvalue weighted by molar-refractivity contribution is 1.44. The van der Waals surface area contributed by atoms with Gasteiger partial charge in [0.25, 0.3) is 0 Å². The summed E-state index contributed by atoms with van der Waals surface area (Å²) in [7, 11) is 0. The van der Waals surface area contributed by atoms with Crippen LogP contribution in [0.3, 0.4) is 0 Å². The standard InChI is InChI=1S/C24H16N4/c25-27-22-15-8-16-23(28-26)24(22)21-14-7-6-13-20(21)19-12-5-4-11-18(19)17-9-2-1-3-10-17/h1-16H/q+2. The highest BCUT2D eigenvalue weighted by molar-refractivity contribution is 5.99. The summed E-state index contributed by atoms with van der Waals surface area (Å²) in [4.78, 5) is 6.80. The van der Waals surface area contributed by atoms with Crippen molar-refractivity contribution >= 4 is 11.4 Å². The molecule has 0 heterocycles. The SMILES string of the molecule is N#[N+]c1cccc([N+]#N)c1-c1ccccc1-c1ccccc1-c1ccccc1. The molecule has 0 aliphatic carbocycles. The first-order chi connectivity index (χ1) is 13.8. The molecule has 28 heavy (non-hydrogen) atoms. The van der Waals surface area contributed by atoms with Crippen LogP contribution in [-0.4, -0.2) is 0 Å². The minimum Gasteiger partial charge on any atom is -0.0622 e. The second-order valence-electron chi connectivity index (χ2n) is 6.33. The summed E-state index contributed by atoms with van der Waals surface area (Å²) < 4.78 is 0. The predicted molar refractivity (Wildman–Crippen MR) is 112 cm³/mol. The van der Waals surface area contributed by atoms with E-state index >= 15 is 0 Å². The van der Waals surface area contributed by atoms with Crippen molar-refractivity contribution in [3.63, 3.8) is 0 Å². The summed E-state index contributed by atoms with van der Waals surface area (Å²) in [5.41, 5.74) is 6.30. The zero-order chi connectivity index (χ0) is 19.3. The Kier molecular flexibility index (Phi) is 4.61. The molecule has 0 amide bonds. The van der Waals surface area contributed by atoms with E-state index in [-0.39, 0.29) is 0 Å². The molecule has 4 nitrogen and oxygen atoms in total. The first-order valence-electron chi connectivity index (χ1n) is 8.91. The van der Waals surface area contributed by atoms with Crippen LogP contribution in [0.15, 0.2) is 97.1 Å².